The number of esters is 1. The van der Waals surface area contributed by atoms with Gasteiger partial charge < -0.3 is 4.74 Å². The molecule has 21 heavy (non-hydrogen) atoms. The number of alkyl halides is 3. The zero-order valence-corrected chi connectivity index (χ0v) is 11.5. The van der Waals surface area contributed by atoms with Gasteiger partial charge >= 0.3 is 12.1 Å². The second-order valence-electron chi connectivity index (χ2n) is 4.19. The molecule has 0 saturated carbocycles. The predicted octanol–water partition coefficient (Wildman–Crippen LogP) is 2.53. The molecule has 8 heteroatoms. The smallest absolute Gasteiger partial charge is 0.416 e. The first-order valence-corrected chi connectivity index (χ1v) is 7.14. The highest BCUT2D eigenvalue weighted by Crippen LogP contribution is 2.33. The Labute approximate surface area is 118 Å². The van der Waals surface area contributed by atoms with Crippen molar-refractivity contribution in [2.75, 3.05) is 7.11 Å². The van der Waals surface area contributed by atoms with Gasteiger partial charge in [0.1, 0.15) is 0 Å². The largest absolute Gasteiger partial charge is 0.465 e. The zero-order valence-electron chi connectivity index (χ0n) is 10.6. The molecule has 0 aliphatic carbocycles. The number of hydrogen-bond acceptors (Lipinski definition) is 4. The SMILES string of the molecule is COC(=O)C1=CC(c2ccc(C(F)(F)F)cc2)=CS1(=O)=O. The van der Waals surface area contributed by atoms with E-state index < -0.39 is 32.5 Å². The van der Waals surface area contributed by atoms with E-state index in [1.807, 2.05) is 0 Å². The minimum atomic E-state index is -4.47. The molecule has 0 spiro atoms. The quantitative estimate of drug-likeness (QED) is 0.786. The van der Waals surface area contributed by atoms with Crippen LogP contribution in [0.3, 0.4) is 0 Å². The van der Waals surface area contributed by atoms with Gasteiger partial charge in [-0.05, 0) is 29.3 Å². The van der Waals surface area contributed by atoms with E-state index in [0.29, 0.717) is 0 Å². The second kappa shape index (κ2) is 5.03. The molecule has 1 aromatic carbocycles. The number of sulfone groups is 1. The maximum absolute atomic E-state index is 12.4. The third-order valence-corrected chi connectivity index (χ3v) is 4.27. The lowest BCUT2D eigenvalue weighted by atomic mass is 10.0. The van der Waals surface area contributed by atoms with Crippen molar-refractivity contribution in [2.24, 2.45) is 0 Å². The van der Waals surface area contributed by atoms with Crippen LogP contribution < -0.4 is 0 Å². The third-order valence-electron chi connectivity index (χ3n) is 2.81. The highest BCUT2D eigenvalue weighted by molar-refractivity contribution is 7.99. The molecule has 0 N–H and O–H groups in total. The first kappa shape index (κ1) is 15.3. The maximum Gasteiger partial charge on any atom is 0.416 e. The van der Waals surface area contributed by atoms with E-state index in [2.05, 4.69) is 4.74 Å². The highest BCUT2D eigenvalue weighted by Gasteiger charge is 2.32. The van der Waals surface area contributed by atoms with E-state index in [9.17, 15) is 26.4 Å². The molecule has 1 heterocycles. The number of rotatable bonds is 2. The topological polar surface area (TPSA) is 60.4 Å². The van der Waals surface area contributed by atoms with Crippen LogP contribution in [0.5, 0.6) is 0 Å². The van der Waals surface area contributed by atoms with Crippen molar-refractivity contribution >= 4 is 21.4 Å². The molecule has 0 saturated heterocycles. The fourth-order valence-corrected chi connectivity index (χ4v) is 3.04. The molecule has 0 amide bonds. The molecule has 2 rings (SSSR count). The van der Waals surface area contributed by atoms with E-state index in [-0.39, 0.29) is 11.1 Å². The number of carbonyl (C=O) groups is 1. The Kier molecular flexibility index (Phi) is 3.66. The van der Waals surface area contributed by atoms with Crippen LogP contribution in [0, 0.1) is 0 Å². The number of methoxy groups -OCH3 is 1. The molecule has 1 aliphatic rings. The Hall–Kier alpha value is -2.09. The van der Waals surface area contributed by atoms with Gasteiger partial charge in [-0.1, -0.05) is 12.1 Å². The summed E-state index contributed by atoms with van der Waals surface area (Å²) in [6, 6.07) is 3.96. The third kappa shape index (κ3) is 2.99. The van der Waals surface area contributed by atoms with Crippen molar-refractivity contribution in [3.63, 3.8) is 0 Å². The summed E-state index contributed by atoms with van der Waals surface area (Å²) in [5.74, 6) is -1.02. The summed E-state index contributed by atoms with van der Waals surface area (Å²) in [5.41, 5.74) is -0.459. The lowest BCUT2D eigenvalue weighted by molar-refractivity contribution is -0.137. The van der Waals surface area contributed by atoms with Crippen LogP contribution in [0.4, 0.5) is 13.2 Å². The predicted molar refractivity (Wildman–Crippen MR) is 68.4 cm³/mol. The number of benzene rings is 1. The van der Waals surface area contributed by atoms with Crippen LogP contribution in [0.15, 0.2) is 40.7 Å². The van der Waals surface area contributed by atoms with Gasteiger partial charge in [-0.15, -0.1) is 0 Å². The summed E-state index contributed by atoms with van der Waals surface area (Å²) >= 11 is 0. The molecule has 0 bridgehead atoms. The van der Waals surface area contributed by atoms with Gasteiger partial charge in [-0.3, -0.25) is 0 Å². The number of halogens is 3. The summed E-state index contributed by atoms with van der Waals surface area (Å²) in [7, 11) is -2.90. The number of hydrogen-bond donors (Lipinski definition) is 0. The Morgan fingerprint density at radius 1 is 1.14 bits per heavy atom. The van der Waals surface area contributed by atoms with Crippen LogP contribution in [0.1, 0.15) is 11.1 Å². The Balaban J connectivity index is 2.40. The van der Waals surface area contributed by atoms with Crippen molar-refractivity contribution < 1.29 is 31.1 Å². The van der Waals surface area contributed by atoms with Gasteiger partial charge in [0, 0.05) is 5.41 Å². The van der Waals surface area contributed by atoms with Gasteiger partial charge in [0.2, 0.25) is 9.84 Å². The van der Waals surface area contributed by atoms with E-state index in [1.165, 1.54) is 0 Å². The monoisotopic (exact) mass is 318 g/mol. The maximum atomic E-state index is 12.4. The van der Waals surface area contributed by atoms with Crippen LogP contribution in [0.25, 0.3) is 5.57 Å². The minimum Gasteiger partial charge on any atom is -0.465 e. The Bertz CT molecular complexity index is 741. The van der Waals surface area contributed by atoms with Crippen molar-refractivity contribution in [1.29, 1.82) is 0 Å². The summed E-state index contributed by atoms with van der Waals surface area (Å²) in [5, 5.41) is 0.821. The number of ether oxygens (including phenoxy) is 1. The summed E-state index contributed by atoms with van der Waals surface area (Å²) < 4.78 is 65.2. The fraction of sp³-hybridized carbons (Fsp3) is 0.154. The molecule has 4 nitrogen and oxygen atoms in total. The first-order chi connectivity index (χ1) is 9.65. The number of allylic oxidation sites excluding steroid dienone is 2. The minimum absolute atomic E-state index is 0.129. The standard InChI is InChI=1S/C13H9F3O4S/c1-20-12(17)11-6-9(7-21(11,18)19)8-2-4-10(5-3-8)13(14,15)16/h2-7H,1H3. The molecule has 112 valence electrons. The second-order valence-corrected chi connectivity index (χ2v) is 5.96. The van der Waals surface area contributed by atoms with Crippen LogP contribution in [-0.4, -0.2) is 21.5 Å². The van der Waals surface area contributed by atoms with Crippen LogP contribution in [0.2, 0.25) is 0 Å². The first-order valence-electron chi connectivity index (χ1n) is 5.59. The molecule has 0 fully saturated rings. The molecule has 0 atom stereocenters. The van der Waals surface area contributed by atoms with Gasteiger partial charge in [-0.25, -0.2) is 13.2 Å². The summed E-state index contributed by atoms with van der Waals surface area (Å²) in [4.78, 5) is 10.8. The lowest BCUT2D eigenvalue weighted by Gasteiger charge is -2.07. The van der Waals surface area contributed by atoms with Gasteiger partial charge in [0.05, 0.1) is 12.7 Å². The van der Waals surface area contributed by atoms with Crippen molar-refractivity contribution in [1.82, 2.24) is 0 Å². The average Bonchev–Trinajstić information content (AvgIpc) is 2.73. The van der Waals surface area contributed by atoms with Gasteiger partial charge in [0.25, 0.3) is 0 Å². The highest BCUT2D eigenvalue weighted by atomic mass is 32.2. The fourth-order valence-electron chi connectivity index (χ4n) is 1.77. The summed E-state index contributed by atoms with van der Waals surface area (Å²) in [6.07, 6.45) is -3.40. The molecule has 1 aliphatic heterocycles. The van der Waals surface area contributed by atoms with E-state index >= 15 is 0 Å². The molecule has 0 radical (unpaired) electrons. The van der Waals surface area contributed by atoms with E-state index in [0.717, 1.165) is 42.9 Å². The van der Waals surface area contributed by atoms with E-state index in [1.54, 1.807) is 0 Å². The van der Waals surface area contributed by atoms with Gasteiger partial charge in [-0.2, -0.15) is 13.2 Å². The zero-order chi connectivity index (χ0) is 15.8. The van der Waals surface area contributed by atoms with Crippen molar-refractivity contribution in [3.05, 3.63) is 51.8 Å². The van der Waals surface area contributed by atoms with Gasteiger partial charge in [0.15, 0.2) is 4.91 Å². The molecule has 0 unspecified atom stereocenters. The molecule has 0 aromatic heterocycles. The van der Waals surface area contributed by atoms with Crippen molar-refractivity contribution in [2.45, 2.75) is 6.18 Å². The lowest BCUT2D eigenvalue weighted by Crippen LogP contribution is -2.10. The molecule has 1 aromatic rings. The average molecular weight is 318 g/mol. The van der Waals surface area contributed by atoms with Crippen LogP contribution >= 0.6 is 0 Å². The Morgan fingerprint density at radius 2 is 1.71 bits per heavy atom. The molecular formula is C13H9F3O4S. The number of carbonyl (C=O) groups excluding carboxylic acids is 1. The molecular weight excluding hydrogens is 309 g/mol. The Morgan fingerprint density at radius 3 is 2.19 bits per heavy atom. The summed E-state index contributed by atoms with van der Waals surface area (Å²) in [6.45, 7) is 0. The normalized spacial score (nSPS) is 17.1. The van der Waals surface area contributed by atoms with Crippen LogP contribution in [-0.2, 0) is 25.5 Å². The van der Waals surface area contributed by atoms with Crippen molar-refractivity contribution in [3.8, 4) is 0 Å². The van der Waals surface area contributed by atoms with E-state index in [4.69, 9.17) is 0 Å².